The van der Waals surface area contributed by atoms with Crippen LogP contribution in [0.25, 0.3) is 0 Å². The van der Waals surface area contributed by atoms with Crippen LogP contribution in [-0.2, 0) is 0 Å². The maximum Gasteiger partial charge on any atom is 0.319 e. The van der Waals surface area contributed by atoms with Gasteiger partial charge in [-0.3, -0.25) is 9.88 Å². The number of aromatic nitrogens is 1. The molecule has 2 heterocycles. The van der Waals surface area contributed by atoms with E-state index >= 15 is 0 Å². The average molecular weight is 291 g/mol. The van der Waals surface area contributed by atoms with E-state index in [0.29, 0.717) is 17.9 Å². The molecule has 0 unspecified atom stereocenters. The Morgan fingerprint density at radius 1 is 1.52 bits per heavy atom. The Labute approximate surface area is 126 Å². The SMILES string of the molecule is Cc1ncc(NC(=O)NCCN2CCCC2(C)C)cc1N. The van der Waals surface area contributed by atoms with Crippen molar-refractivity contribution in [1.82, 2.24) is 15.2 Å². The number of amides is 2. The van der Waals surface area contributed by atoms with Gasteiger partial charge in [0.15, 0.2) is 0 Å². The lowest BCUT2D eigenvalue weighted by molar-refractivity contribution is 0.176. The number of nitrogens with zero attached hydrogens (tertiary/aromatic N) is 2. The molecule has 0 atom stereocenters. The molecule has 2 rings (SSSR count). The zero-order valence-electron chi connectivity index (χ0n) is 13.1. The van der Waals surface area contributed by atoms with Gasteiger partial charge in [0, 0.05) is 18.6 Å². The Balaban J connectivity index is 1.76. The second-order valence-corrected chi connectivity index (χ2v) is 6.18. The van der Waals surface area contributed by atoms with E-state index in [1.54, 1.807) is 12.3 Å². The van der Waals surface area contributed by atoms with Crippen molar-refractivity contribution >= 4 is 17.4 Å². The van der Waals surface area contributed by atoms with E-state index < -0.39 is 0 Å². The molecule has 1 aliphatic rings. The quantitative estimate of drug-likeness (QED) is 0.792. The first kappa shape index (κ1) is 15.6. The lowest BCUT2D eigenvalue weighted by Gasteiger charge is -2.31. The third-order valence-electron chi connectivity index (χ3n) is 4.12. The van der Waals surface area contributed by atoms with E-state index in [2.05, 4.69) is 34.4 Å². The summed E-state index contributed by atoms with van der Waals surface area (Å²) < 4.78 is 0. The minimum atomic E-state index is -0.225. The minimum Gasteiger partial charge on any atom is -0.397 e. The fraction of sp³-hybridized carbons (Fsp3) is 0.600. The number of hydrogen-bond acceptors (Lipinski definition) is 4. The van der Waals surface area contributed by atoms with Gasteiger partial charge in [-0.25, -0.2) is 4.79 Å². The second-order valence-electron chi connectivity index (χ2n) is 6.18. The third-order valence-corrected chi connectivity index (χ3v) is 4.12. The number of nitrogens with one attached hydrogen (secondary N) is 2. The summed E-state index contributed by atoms with van der Waals surface area (Å²) in [6, 6.07) is 1.49. The number of carbonyl (C=O) groups is 1. The summed E-state index contributed by atoms with van der Waals surface area (Å²) in [6.45, 7) is 8.94. The Hall–Kier alpha value is -1.82. The van der Waals surface area contributed by atoms with Crippen molar-refractivity contribution in [1.29, 1.82) is 0 Å². The fourth-order valence-electron chi connectivity index (χ4n) is 2.68. The van der Waals surface area contributed by atoms with Gasteiger partial charge in [-0.2, -0.15) is 0 Å². The summed E-state index contributed by atoms with van der Waals surface area (Å²) in [6.07, 6.45) is 4.05. The summed E-state index contributed by atoms with van der Waals surface area (Å²) in [5.74, 6) is 0. The third kappa shape index (κ3) is 4.07. The van der Waals surface area contributed by atoms with Crippen LogP contribution in [0.2, 0.25) is 0 Å². The van der Waals surface area contributed by atoms with Gasteiger partial charge in [-0.05, 0) is 46.2 Å². The molecule has 2 amide bonds. The molecule has 1 saturated heterocycles. The maximum absolute atomic E-state index is 11.8. The van der Waals surface area contributed by atoms with Crippen molar-refractivity contribution in [3.63, 3.8) is 0 Å². The van der Waals surface area contributed by atoms with Crippen LogP contribution >= 0.6 is 0 Å². The normalized spacial score (nSPS) is 17.7. The number of carbonyl (C=O) groups excluding carboxylic acids is 1. The van der Waals surface area contributed by atoms with Crippen LogP contribution in [0.4, 0.5) is 16.2 Å². The molecule has 0 aliphatic carbocycles. The molecule has 1 aromatic rings. The Morgan fingerprint density at radius 3 is 2.90 bits per heavy atom. The second kappa shape index (κ2) is 6.30. The molecule has 1 aromatic heterocycles. The van der Waals surface area contributed by atoms with E-state index in [0.717, 1.165) is 18.8 Å². The number of nitrogen functional groups attached to an aromatic ring is 1. The molecule has 21 heavy (non-hydrogen) atoms. The molecule has 0 bridgehead atoms. The Kier molecular flexibility index (Phi) is 4.67. The van der Waals surface area contributed by atoms with Crippen LogP contribution < -0.4 is 16.4 Å². The van der Waals surface area contributed by atoms with Crippen LogP contribution in [0.5, 0.6) is 0 Å². The lowest BCUT2D eigenvalue weighted by Crippen LogP contribution is -2.43. The van der Waals surface area contributed by atoms with E-state index in [1.165, 1.54) is 12.8 Å². The van der Waals surface area contributed by atoms with E-state index in [1.807, 2.05) is 6.92 Å². The molecule has 0 spiro atoms. The number of anilines is 2. The van der Waals surface area contributed by atoms with Crippen LogP contribution in [0.3, 0.4) is 0 Å². The first-order valence-corrected chi connectivity index (χ1v) is 7.40. The van der Waals surface area contributed by atoms with Crippen molar-refractivity contribution < 1.29 is 4.79 Å². The standard InChI is InChI=1S/C15H25N5O/c1-11-13(16)9-12(10-18-11)19-14(21)17-6-8-20-7-4-5-15(20,2)3/h9-10H,4-8,16H2,1-3H3,(H2,17,19,21). The van der Waals surface area contributed by atoms with E-state index in [4.69, 9.17) is 5.73 Å². The number of likely N-dealkylation sites (tertiary alicyclic amines) is 1. The van der Waals surface area contributed by atoms with Crippen LogP contribution in [-0.4, -0.2) is 41.1 Å². The largest absolute Gasteiger partial charge is 0.397 e. The zero-order valence-corrected chi connectivity index (χ0v) is 13.1. The van der Waals surface area contributed by atoms with Gasteiger partial charge in [0.05, 0.1) is 23.3 Å². The highest BCUT2D eigenvalue weighted by Crippen LogP contribution is 2.27. The first-order chi connectivity index (χ1) is 9.88. The predicted molar refractivity (Wildman–Crippen MR) is 85.3 cm³/mol. The summed E-state index contributed by atoms with van der Waals surface area (Å²) >= 11 is 0. The van der Waals surface area contributed by atoms with Gasteiger partial charge < -0.3 is 16.4 Å². The Bertz CT molecular complexity index is 515. The number of aryl methyl sites for hydroxylation is 1. The van der Waals surface area contributed by atoms with Gasteiger partial charge in [0.2, 0.25) is 0 Å². The van der Waals surface area contributed by atoms with Gasteiger partial charge in [-0.1, -0.05) is 0 Å². The van der Waals surface area contributed by atoms with Crippen LogP contribution in [0, 0.1) is 6.92 Å². The smallest absolute Gasteiger partial charge is 0.319 e. The highest BCUT2D eigenvalue weighted by atomic mass is 16.2. The summed E-state index contributed by atoms with van der Waals surface area (Å²) in [5, 5.41) is 5.61. The number of hydrogen-bond donors (Lipinski definition) is 3. The highest BCUT2D eigenvalue weighted by molar-refractivity contribution is 5.89. The van der Waals surface area contributed by atoms with Crippen molar-refractivity contribution in [3.8, 4) is 0 Å². The molecule has 6 heteroatoms. The monoisotopic (exact) mass is 291 g/mol. The summed E-state index contributed by atoms with van der Waals surface area (Å²) in [7, 11) is 0. The number of rotatable bonds is 4. The number of pyridine rings is 1. The topological polar surface area (TPSA) is 83.3 Å². The number of nitrogens with two attached hydrogens (primary N) is 1. The predicted octanol–water partition coefficient (Wildman–Crippen LogP) is 1.97. The molecule has 0 aromatic carbocycles. The molecule has 1 fully saturated rings. The molecule has 0 radical (unpaired) electrons. The average Bonchev–Trinajstić information content (AvgIpc) is 2.73. The molecule has 1 aliphatic heterocycles. The summed E-state index contributed by atoms with van der Waals surface area (Å²) in [4.78, 5) is 18.4. The molecule has 0 saturated carbocycles. The molecular weight excluding hydrogens is 266 g/mol. The lowest BCUT2D eigenvalue weighted by atomic mass is 10.0. The van der Waals surface area contributed by atoms with Gasteiger partial charge in [0.1, 0.15) is 0 Å². The molecule has 6 nitrogen and oxygen atoms in total. The van der Waals surface area contributed by atoms with Crippen LogP contribution in [0.15, 0.2) is 12.3 Å². The van der Waals surface area contributed by atoms with Gasteiger partial charge >= 0.3 is 6.03 Å². The molecule has 116 valence electrons. The maximum atomic E-state index is 11.8. The Morgan fingerprint density at radius 2 is 2.29 bits per heavy atom. The van der Waals surface area contributed by atoms with Crippen molar-refractivity contribution in [2.45, 2.75) is 39.2 Å². The minimum absolute atomic E-state index is 0.225. The van der Waals surface area contributed by atoms with Gasteiger partial charge in [-0.15, -0.1) is 0 Å². The van der Waals surface area contributed by atoms with E-state index in [9.17, 15) is 4.79 Å². The van der Waals surface area contributed by atoms with E-state index in [-0.39, 0.29) is 11.6 Å². The highest BCUT2D eigenvalue weighted by Gasteiger charge is 2.31. The van der Waals surface area contributed by atoms with Crippen molar-refractivity contribution in [2.24, 2.45) is 0 Å². The fourth-order valence-corrected chi connectivity index (χ4v) is 2.68. The van der Waals surface area contributed by atoms with Crippen molar-refractivity contribution in [3.05, 3.63) is 18.0 Å². The molecular formula is C15H25N5O. The zero-order chi connectivity index (χ0) is 15.5. The number of urea groups is 1. The summed E-state index contributed by atoms with van der Waals surface area (Å²) in [5.41, 5.74) is 7.96. The van der Waals surface area contributed by atoms with Crippen molar-refractivity contribution in [2.75, 3.05) is 30.7 Å². The molecule has 4 N–H and O–H groups in total. The first-order valence-electron chi connectivity index (χ1n) is 7.40. The van der Waals surface area contributed by atoms with Crippen LogP contribution in [0.1, 0.15) is 32.4 Å². The van der Waals surface area contributed by atoms with Gasteiger partial charge in [0.25, 0.3) is 0 Å².